The minimum absolute atomic E-state index is 0.148. The van der Waals surface area contributed by atoms with Gasteiger partial charge in [0, 0.05) is 6.42 Å². The standard InChI is InChI=1S/C13H15F3O/c1-3-8(4-2)7-11(17)9-5-6-10(14)13(16)12(9)15/h5-6,8H,3-4,7H2,1-2H3. The fourth-order valence-corrected chi connectivity index (χ4v) is 1.69. The molecule has 0 fully saturated rings. The van der Waals surface area contributed by atoms with Crippen LogP contribution in [-0.4, -0.2) is 5.78 Å². The topological polar surface area (TPSA) is 17.1 Å². The Bertz CT molecular complexity index is 411. The molecule has 0 saturated carbocycles. The monoisotopic (exact) mass is 244 g/mol. The molecule has 0 N–H and O–H groups in total. The molecule has 0 amide bonds. The highest BCUT2D eigenvalue weighted by atomic mass is 19.2. The van der Waals surface area contributed by atoms with Gasteiger partial charge in [0.05, 0.1) is 5.56 Å². The van der Waals surface area contributed by atoms with E-state index in [0.717, 1.165) is 25.0 Å². The van der Waals surface area contributed by atoms with E-state index in [1.165, 1.54) is 0 Å². The van der Waals surface area contributed by atoms with Crippen LogP contribution in [0, 0.1) is 23.4 Å². The third-order valence-corrected chi connectivity index (χ3v) is 2.96. The van der Waals surface area contributed by atoms with Crippen LogP contribution in [0.4, 0.5) is 13.2 Å². The van der Waals surface area contributed by atoms with Gasteiger partial charge in [-0.05, 0) is 18.1 Å². The smallest absolute Gasteiger partial charge is 0.195 e. The Kier molecular flexibility index (Phi) is 4.73. The average molecular weight is 244 g/mol. The zero-order valence-corrected chi connectivity index (χ0v) is 9.90. The van der Waals surface area contributed by atoms with Gasteiger partial charge in [-0.2, -0.15) is 0 Å². The zero-order chi connectivity index (χ0) is 13.0. The minimum atomic E-state index is -1.58. The van der Waals surface area contributed by atoms with E-state index in [-0.39, 0.29) is 17.9 Å². The largest absolute Gasteiger partial charge is 0.294 e. The third-order valence-electron chi connectivity index (χ3n) is 2.96. The van der Waals surface area contributed by atoms with E-state index in [1.54, 1.807) is 0 Å². The number of hydrogen-bond acceptors (Lipinski definition) is 1. The maximum Gasteiger partial charge on any atom is 0.195 e. The van der Waals surface area contributed by atoms with Gasteiger partial charge in [0.1, 0.15) is 0 Å². The Labute approximate surface area is 98.6 Å². The summed E-state index contributed by atoms with van der Waals surface area (Å²) in [5.74, 6) is -4.58. The first kappa shape index (κ1) is 13.7. The van der Waals surface area contributed by atoms with E-state index >= 15 is 0 Å². The Hall–Kier alpha value is -1.32. The number of Topliss-reactive ketones (excluding diaryl/α,β-unsaturated/α-hetero) is 1. The molecule has 0 aliphatic rings. The van der Waals surface area contributed by atoms with E-state index < -0.39 is 23.2 Å². The second-order valence-corrected chi connectivity index (χ2v) is 4.03. The fourth-order valence-electron chi connectivity index (χ4n) is 1.69. The maximum atomic E-state index is 13.3. The average Bonchev–Trinajstić information content (AvgIpc) is 2.32. The van der Waals surface area contributed by atoms with Crippen molar-refractivity contribution in [3.8, 4) is 0 Å². The summed E-state index contributed by atoms with van der Waals surface area (Å²) in [4.78, 5) is 11.7. The molecule has 0 aliphatic carbocycles. The van der Waals surface area contributed by atoms with Crippen LogP contribution in [0.5, 0.6) is 0 Å². The van der Waals surface area contributed by atoms with Crippen LogP contribution in [0.1, 0.15) is 43.5 Å². The van der Waals surface area contributed by atoms with Gasteiger partial charge in [0.15, 0.2) is 23.2 Å². The highest BCUT2D eigenvalue weighted by Crippen LogP contribution is 2.20. The summed E-state index contributed by atoms with van der Waals surface area (Å²) in [6.07, 6.45) is 1.76. The molecular weight excluding hydrogens is 229 g/mol. The molecule has 1 rings (SSSR count). The second kappa shape index (κ2) is 5.84. The number of carbonyl (C=O) groups excluding carboxylic acids is 1. The molecule has 0 radical (unpaired) electrons. The molecule has 17 heavy (non-hydrogen) atoms. The Morgan fingerprint density at radius 2 is 1.71 bits per heavy atom. The molecule has 0 aliphatic heterocycles. The van der Waals surface area contributed by atoms with Crippen molar-refractivity contribution in [2.24, 2.45) is 5.92 Å². The van der Waals surface area contributed by atoms with Gasteiger partial charge in [-0.1, -0.05) is 26.7 Å². The van der Waals surface area contributed by atoms with E-state index in [2.05, 4.69) is 0 Å². The Morgan fingerprint density at radius 1 is 1.12 bits per heavy atom. The predicted molar refractivity (Wildman–Crippen MR) is 59.3 cm³/mol. The van der Waals surface area contributed by atoms with Crippen LogP contribution in [0.25, 0.3) is 0 Å². The third kappa shape index (κ3) is 3.08. The van der Waals surface area contributed by atoms with Gasteiger partial charge in [0.2, 0.25) is 0 Å². The number of rotatable bonds is 5. The minimum Gasteiger partial charge on any atom is -0.294 e. The van der Waals surface area contributed by atoms with Gasteiger partial charge < -0.3 is 0 Å². The van der Waals surface area contributed by atoms with Gasteiger partial charge in [-0.3, -0.25) is 4.79 Å². The van der Waals surface area contributed by atoms with Crippen LogP contribution in [0.3, 0.4) is 0 Å². The molecule has 4 heteroatoms. The molecule has 1 nitrogen and oxygen atoms in total. The highest BCUT2D eigenvalue weighted by Gasteiger charge is 2.20. The van der Waals surface area contributed by atoms with Crippen LogP contribution < -0.4 is 0 Å². The summed E-state index contributed by atoms with van der Waals surface area (Å²) in [7, 11) is 0. The number of halogens is 3. The molecule has 1 aromatic rings. The molecule has 0 atom stereocenters. The van der Waals surface area contributed by atoms with Gasteiger partial charge in [-0.15, -0.1) is 0 Å². The van der Waals surface area contributed by atoms with Gasteiger partial charge in [0.25, 0.3) is 0 Å². The molecule has 94 valence electrons. The summed E-state index contributed by atoms with van der Waals surface area (Å²) >= 11 is 0. The van der Waals surface area contributed by atoms with Crippen molar-refractivity contribution in [3.63, 3.8) is 0 Å². The number of ketones is 1. The SMILES string of the molecule is CCC(CC)CC(=O)c1ccc(F)c(F)c1F. The lowest BCUT2D eigenvalue weighted by molar-refractivity contribution is 0.0953. The fraction of sp³-hybridized carbons (Fsp3) is 0.462. The van der Waals surface area contributed by atoms with E-state index in [4.69, 9.17) is 0 Å². The number of carbonyl (C=O) groups is 1. The van der Waals surface area contributed by atoms with Gasteiger partial charge in [-0.25, -0.2) is 13.2 Å². The van der Waals surface area contributed by atoms with Crippen LogP contribution in [0.15, 0.2) is 12.1 Å². The van der Waals surface area contributed by atoms with Crippen molar-refractivity contribution in [2.45, 2.75) is 33.1 Å². The molecule has 0 heterocycles. The second-order valence-electron chi connectivity index (χ2n) is 4.03. The van der Waals surface area contributed by atoms with Crippen molar-refractivity contribution in [3.05, 3.63) is 35.1 Å². The predicted octanol–water partition coefficient (Wildman–Crippen LogP) is 4.11. The number of benzene rings is 1. The first-order chi connectivity index (χ1) is 8.01. The van der Waals surface area contributed by atoms with Crippen LogP contribution in [-0.2, 0) is 0 Å². The summed E-state index contributed by atoms with van der Waals surface area (Å²) < 4.78 is 39.0. The quantitative estimate of drug-likeness (QED) is 0.562. The summed E-state index contributed by atoms with van der Waals surface area (Å²) in [5.41, 5.74) is -0.365. The molecule has 0 bridgehead atoms. The number of hydrogen-bond donors (Lipinski definition) is 0. The summed E-state index contributed by atoms with van der Waals surface area (Å²) in [5, 5.41) is 0. The lowest BCUT2D eigenvalue weighted by atomic mass is 9.94. The van der Waals surface area contributed by atoms with E-state index in [1.807, 2.05) is 13.8 Å². The van der Waals surface area contributed by atoms with Crippen molar-refractivity contribution >= 4 is 5.78 Å². The Morgan fingerprint density at radius 3 is 2.24 bits per heavy atom. The normalized spacial score (nSPS) is 10.9. The molecule has 0 saturated heterocycles. The summed E-state index contributed by atoms with van der Waals surface area (Å²) in [6, 6.07) is 1.77. The van der Waals surface area contributed by atoms with E-state index in [9.17, 15) is 18.0 Å². The lowest BCUT2D eigenvalue weighted by Crippen LogP contribution is -2.10. The lowest BCUT2D eigenvalue weighted by Gasteiger charge is -2.11. The van der Waals surface area contributed by atoms with Crippen molar-refractivity contribution in [2.75, 3.05) is 0 Å². The summed E-state index contributed by atoms with van der Waals surface area (Å²) in [6.45, 7) is 3.87. The van der Waals surface area contributed by atoms with Crippen molar-refractivity contribution < 1.29 is 18.0 Å². The molecule has 0 aromatic heterocycles. The van der Waals surface area contributed by atoms with Crippen LogP contribution in [0.2, 0.25) is 0 Å². The first-order valence-electron chi connectivity index (χ1n) is 5.67. The molecule has 1 aromatic carbocycles. The highest BCUT2D eigenvalue weighted by molar-refractivity contribution is 5.96. The molecule has 0 spiro atoms. The molecular formula is C13H15F3O. The van der Waals surface area contributed by atoms with Crippen molar-refractivity contribution in [1.82, 2.24) is 0 Å². The zero-order valence-electron chi connectivity index (χ0n) is 9.90. The van der Waals surface area contributed by atoms with Crippen molar-refractivity contribution in [1.29, 1.82) is 0 Å². The van der Waals surface area contributed by atoms with E-state index in [0.29, 0.717) is 0 Å². The van der Waals surface area contributed by atoms with Gasteiger partial charge >= 0.3 is 0 Å². The first-order valence-corrected chi connectivity index (χ1v) is 5.67. The van der Waals surface area contributed by atoms with Crippen LogP contribution >= 0.6 is 0 Å². The Balaban J connectivity index is 2.93. The molecule has 0 unspecified atom stereocenters. The maximum absolute atomic E-state index is 13.3.